The molecule has 0 aliphatic carbocycles. The Morgan fingerprint density at radius 3 is 2.06 bits per heavy atom. The number of aliphatic carboxylic acids is 1. The van der Waals surface area contributed by atoms with Crippen molar-refractivity contribution in [3.8, 4) is 0 Å². The minimum absolute atomic E-state index is 0.337. The first-order chi connectivity index (χ1) is 8.56. The van der Waals surface area contributed by atoms with E-state index in [0.29, 0.717) is 32.7 Å². The van der Waals surface area contributed by atoms with E-state index in [1.165, 1.54) is 4.90 Å². The summed E-state index contributed by atoms with van der Waals surface area (Å²) in [4.78, 5) is 24.2. The Hall–Kier alpha value is -1.34. The average molecular weight is 262 g/mol. The molecule has 0 aliphatic rings. The number of hydrogen-bond acceptors (Lipinski definition) is 4. The van der Waals surface area contributed by atoms with Crippen molar-refractivity contribution in [3.63, 3.8) is 0 Å². The Labute approximate surface area is 107 Å². The first kappa shape index (κ1) is 16.7. The van der Waals surface area contributed by atoms with Crippen LogP contribution in [-0.2, 0) is 14.3 Å². The molecule has 0 aliphatic heterocycles. The lowest BCUT2D eigenvalue weighted by molar-refractivity contribution is -0.139. The molecule has 0 bridgehead atoms. The van der Waals surface area contributed by atoms with Gasteiger partial charge in [0.05, 0.1) is 13.2 Å². The SMILES string of the molecule is CC[C@H](NC(=O)N(CCOC)CCOC)C(=O)O. The fraction of sp³-hybridized carbons (Fsp3) is 0.818. The molecule has 106 valence electrons. The monoisotopic (exact) mass is 262 g/mol. The molecule has 7 heteroatoms. The average Bonchev–Trinajstić information content (AvgIpc) is 2.35. The van der Waals surface area contributed by atoms with E-state index in [1.54, 1.807) is 21.1 Å². The number of amides is 2. The van der Waals surface area contributed by atoms with Crippen molar-refractivity contribution in [3.05, 3.63) is 0 Å². The van der Waals surface area contributed by atoms with Crippen LogP contribution in [0.2, 0.25) is 0 Å². The standard InChI is InChI=1S/C11H22N2O5/c1-4-9(10(14)15)12-11(16)13(5-7-17-2)6-8-18-3/h9H,4-8H2,1-3H3,(H,12,16)(H,14,15)/t9-/m0/s1. The maximum Gasteiger partial charge on any atom is 0.326 e. The van der Waals surface area contributed by atoms with Crippen LogP contribution in [-0.4, -0.2) is 68.6 Å². The van der Waals surface area contributed by atoms with Crippen LogP contribution in [0.5, 0.6) is 0 Å². The summed E-state index contributed by atoms with van der Waals surface area (Å²) in [6.45, 7) is 3.26. The molecule has 0 rings (SSSR count). The van der Waals surface area contributed by atoms with Crippen LogP contribution in [0, 0.1) is 0 Å². The van der Waals surface area contributed by atoms with Gasteiger partial charge in [0.25, 0.3) is 0 Å². The lowest BCUT2D eigenvalue weighted by atomic mass is 10.2. The van der Waals surface area contributed by atoms with Gasteiger partial charge in [-0.15, -0.1) is 0 Å². The fourth-order valence-electron chi connectivity index (χ4n) is 1.30. The summed E-state index contributed by atoms with van der Waals surface area (Å²) in [5.74, 6) is -1.04. The highest BCUT2D eigenvalue weighted by Gasteiger charge is 2.21. The lowest BCUT2D eigenvalue weighted by Gasteiger charge is -2.24. The van der Waals surface area contributed by atoms with Crippen molar-refractivity contribution >= 4 is 12.0 Å². The van der Waals surface area contributed by atoms with Gasteiger partial charge >= 0.3 is 12.0 Å². The zero-order valence-corrected chi connectivity index (χ0v) is 11.1. The summed E-state index contributed by atoms with van der Waals surface area (Å²) in [5, 5.41) is 11.3. The first-order valence-electron chi connectivity index (χ1n) is 5.82. The third-order valence-corrected chi connectivity index (χ3v) is 2.42. The minimum atomic E-state index is -1.04. The molecule has 1 atom stereocenters. The molecule has 0 saturated heterocycles. The highest BCUT2D eigenvalue weighted by atomic mass is 16.5. The third kappa shape index (κ3) is 6.41. The van der Waals surface area contributed by atoms with Gasteiger partial charge < -0.3 is 24.8 Å². The van der Waals surface area contributed by atoms with Crippen LogP contribution < -0.4 is 5.32 Å². The summed E-state index contributed by atoms with van der Waals surface area (Å²) in [7, 11) is 3.08. The van der Waals surface area contributed by atoms with Crippen molar-refractivity contribution in [1.82, 2.24) is 10.2 Å². The first-order valence-corrected chi connectivity index (χ1v) is 5.82. The van der Waals surface area contributed by atoms with Gasteiger partial charge in [-0.25, -0.2) is 9.59 Å². The molecule has 0 spiro atoms. The molecule has 2 amide bonds. The molecule has 0 heterocycles. The number of hydrogen-bond donors (Lipinski definition) is 2. The second-order valence-corrected chi connectivity index (χ2v) is 3.72. The van der Waals surface area contributed by atoms with E-state index < -0.39 is 18.0 Å². The van der Waals surface area contributed by atoms with Gasteiger partial charge in [0, 0.05) is 27.3 Å². The van der Waals surface area contributed by atoms with E-state index in [0.717, 1.165) is 0 Å². The summed E-state index contributed by atoms with van der Waals surface area (Å²) >= 11 is 0. The van der Waals surface area contributed by atoms with Crippen molar-refractivity contribution < 1.29 is 24.2 Å². The van der Waals surface area contributed by atoms with Gasteiger partial charge in [-0.3, -0.25) is 0 Å². The topological polar surface area (TPSA) is 88.1 Å². The van der Waals surface area contributed by atoms with E-state index in [4.69, 9.17) is 14.6 Å². The van der Waals surface area contributed by atoms with Crippen LogP contribution in [0.3, 0.4) is 0 Å². The van der Waals surface area contributed by atoms with E-state index in [2.05, 4.69) is 5.32 Å². The number of ether oxygens (including phenoxy) is 2. The second kappa shape index (κ2) is 9.67. The number of carboxylic acid groups (broad SMARTS) is 1. The van der Waals surface area contributed by atoms with Crippen molar-refractivity contribution in [2.45, 2.75) is 19.4 Å². The fourth-order valence-corrected chi connectivity index (χ4v) is 1.30. The second-order valence-electron chi connectivity index (χ2n) is 3.72. The smallest absolute Gasteiger partial charge is 0.326 e. The molecular formula is C11H22N2O5. The Morgan fingerprint density at radius 1 is 1.22 bits per heavy atom. The molecule has 0 aromatic rings. The molecule has 0 aromatic heterocycles. The van der Waals surface area contributed by atoms with Crippen LogP contribution in [0.15, 0.2) is 0 Å². The number of methoxy groups -OCH3 is 2. The Kier molecular flexibility index (Phi) is 8.95. The molecule has 0 unspecified atom stereocenters. The third-order valence-electron chi connectivity index (χ3n) is 2.42. The Balaban J connectivity index is 4.37. The number of nitrogens with zero attached hydrogens (tertiary/aromatic N) is 1. The van der Waals surface area contributed by atoms with Crippen molar-refractivity contribution in [2.75, 3.05) is 40.5 Å². The number of carbonyl (C=O) groups excluding carboxylic acids is 1. The number of carbonyl (C=O) groups is 2. The zero-order valence-electron chi connectivity index (χ0n) is 11.1. The van der Waals surface area contributed by atoms with Crippen molar-refractivity contribution in [2.24, 2.45) is 0 Å². The molecule has 0 fully saturated rings. The maximum atomic E-state index is 11.9. The quantitative estimate of drug-likeness (QED) is 0.617. The van der Waals surface area contributed by atoms with Crippen LogP contribution in [0.1, 0.15) is 13.3 Å². The van der Waals surface area contributed by atoms with E-state index in [-0.39, 0.29) is 0 Å². The number of carboxylic acids is 1. The highest BCUT2D eigenvalue weighted by Crippen LogP contribution is 1.96. The summed E-state index contributed by atoms with van der Waals surface area (Å²) in [6.07, 6.45) is 0.337. The summed E-state index contributed by atoms with van der Waals surface area (Å²) < 4.78 is 9.80. The predicted molar refractivity (Wildman–Crippen MR) is 65.6 cm³/mol. The van der Waals surface area contributed by atoms with Gasteiger partial charge in [-0.1, -0.05) is 6.92 Å². The Bertz CT molecular complexity index is 252. The number of rotatable bonds is 9. The molecule has 7 nitrogen and oxygen atoms in total. The van der Waals surface area contributed by atoms with Gasteiger partial charge in [-0.2, -0.15) is 0 Å². The number of urea groups is 1. The van der Waals surface area contributed by atoms with Crippen LogP contribution in [0.25, 0.3) is 0 Å². The molecule has 0 radical (unpaired) electrons. The van der Waals surface area contributed by atoms with Crippen molar-refractivity contribution in [1.29, 1.82) is 0 Å². The van der Waals surface area contributed by atoms with Gasteiger partial charge in [-0.05, 0) is 6.42 Å². The van der Waals surface area contributed by atoms with E-state index >= 15 is 0 Å². The normalized spacial score (nSPS) is 11.9. The molecule has 18 heavy (non-hydrogen) atoms. The molecule has 0 saturated carbocycles. The van der Waals surface area contributed by atoms with Crippen LogP contribution >= 0.6 is 0 Å². The minimum Gasteiger partial charge on any atom is -0.480 e. The Morgan fingerprint density at radius 2 is 1.72 bits per heavy atom. The van der Waals surface area contributed by atoms with Gasteiger partial charge in [0.2, 0.25) is 0 Å². The van der Waals surface area contributed by atoms with Gasteiger partial charge in [0.15, 0.2) is 0 Å². The maximum absolute atomic E-state index is 11.9. The van der Waals surface area contributed by atoms with Gasteiger partial charge in [0.1, 0.15) is 6.04 Å². The predicted octanol–water partition coefficient (Wildman–Crippen LogP) is 0.154. The zero-order chi connectivity index (χ0) is 14.0. The molecule has 2 N–H and O–H groups in total. The summed E-state index contributed by atoms with van der Waals surface area (Å²) in [6, 6.07) is -1.29. The lowest BCUT2D eigenvalue weighted by Crippen LogP contribution is -2.49. The van der Waals surface area contributed by atoms with Crippen LogP contribution in [0.4, 0.5) is 4.79 Å². The van der Waals surface area contributed by atoms with E-state index in [9.17, 15) is 9.59 Å². The highest BCUT2D eigenvalue weighted by molar-refractivity contribution is 5.82. The molecular weight excluding hydrogens is 240 g/mol. The summed E-state index contributed by atoms with van der Waals surface area (Å²) in [5.41, 5.74) is 0. The number of nitrogens with one attached hydrogen (secondary N) is 1. The largest absolute Gasteiger partial charge is 0.480 e. The molecule has 0 aromatic carbocycles. The van der Waals surface area contributed by atoms with E-state index in [1.807, 2.05) is 0 Å².